The van der Waals surface area contributed by atoms with Crippen molar-refractivity contribution >= 4 is 6.29 Å². The van der Waals surface area contributed by atoms with Gasteiger partial charge < -0.3 is 0 Å². The van der Waals surface area contributed by atoms with Gasteiger partial charge in [-0.1, -0.05) is 26.8 Å². The van der Waals surface area contributed by atoms with Crippen LogP contribution in [0.2, 0.25) is 0 Å². The molecule has 3 aliphatic carbocycles. The fraction of sp³-hybridized carbons (Fsp3) is 0.800. The van der Waals surface area contributed by atoms with E-state index in [9.17, 15) is 4.79 Å². The molecule has 0 aromatic rings. The van der Waals surface area contributed by atoms with Crippen molar-refractivity contribution < 1.29 is 4.79 Å². The monoisotopic (exact) mass is 218 g/mol. The molecule has 3 aliphatic rings. The Hall–Kier alpha value is -0.590. The molecule has 0 bridgehead atoms. The van der Waals surface area contributed by atoms with Crippen molar-refractivity contribution in [1.82, 2.24) is 0 Å². The first-order chi connectivity index (χ1) is 7.44. The predicted molar refractivity (Wildman–Crippen MR) is 65.0 cm³/mol. The number of carbonyl (C=O) groups excluding carboxylic acids is 1. The SMILES string of the molecule is CC12CC(C=O)=CCC1C1(C)CCC1(C)C2. The highest BCUT2D eigenvalue weighted by Gasteiger charge is 2.67. The summed E-state index contributed by atoms with van der Waals surface area (Å²) in [6, 6.07) is 0. The largest absolute Gasteiger partial charge is 0.298 e. The molecule has 2 saturated carbocycles. The fourth-order valence-corrected chi connectivity index (χ4v) is 5.24. The summed E-state index contributed by atoms with van der Waals surface area (Å²) in [6.07, 6.45) is 9.55. The van der Waals surface area contributed by atoms with Gasteiger partial charge in [-0.3, -0.25) is 4.79 Å². The normalized spacial score (nSPS) is 54.7. The molecule has 16 heavy (non-hydrogen) atoms. The highest BCUT2D eigenvalue weighted by atomic mass is 16.1. The molecule has 0 aliphatic heterocycles. The van der Waals surface area contributed by atoms with Crippen LogP contribution in [0.5, 0.6) is 0 Å². The maximum absolute atomic E-state index is 11.0. The van der Waals surface area contributed by atoms with Crippen molar-refractivity contribution in [2.75, 3.05) is 0 Å². The number of carbonyl (C=O) groups is 1. The molecule has 0 aromatic heterocycles. The van der Waals surface area contributed by atoms with Crippen LogP contribution in [0.4, 0.5) is 0 Å². The van der Waals surface area contributed by atoms with E-state index in [1.54, 1.807) is 0 Å². The molecule has 0 heterocycles. The van der Waals surface area contributed by atoms with E-state index in [0.29, 0.717) is 16.2 Å². The topological polar surface area (TPSA) is 17.1 Å². The molecule has 88 valence electrons. The Morgan fingerprint density at radius 3 is 2.62 bits per heavy atom. The molecule has 1 nitrogen and oxygen atoms in total. The zero-order valence-electron chi connectivity index (χ0n) is 10.7. The van der Waals surface area contributed by atoms with Crippen LogP contribution in [0.3, 0.4) is 0 Å². The smallest absolute Gasteiger partial charge is 0.145 e. The number of allylic oxidation sites excluding steroid dienone is 2. The Labute approximate surface area is 98.3 Å². The predicted octanol–water partition coefficient (Wildman–Crippen LogP) is 3.74. The van der Waals surface area contributed by atoms with Crippen molar-refractivity contribution in [1.29, 1.82) is 0 Å². The maximum Gasteiger partial charge on any atom is 0.145 e. The van der Waals surface area contributed by atoms with Gasteiger partial charge in [0.15, 0.2) is 0 Å². The average molecular weight is 218 g/mol. The Morgan fingerprint density at radius 1 is 1.31 bits per heavy atom. The van der Waals surface area contributed by atoms with Crippen molar-refractivity contribution in [2.24, 2.45) is 22.2 Å². The van der Waals surface area contributed by atoms with E-state index in [0.717, 1.165) is 30.6 Å². The highest BCUT2D eigenvalue weighted by Crippen LogP contribution is 2.76. The minimum atomic E-state index is 0.394. The summed E-state index contributed by atoms with van der Waals surface area (Å²) in [5, 5.41) is 0. The zero-order valence-corrected chi connectivity index (χ0v) is 10.7. The van der Waals surface area contributed by atoms with Crippen molar-refractivity contribution in [3.8, 4) is 0 Å². The first-order valence-corrected chi connectivity index (χ1v) is 6.58. The Morgan fingerprint density at radius 2 is 2.06 bits per heavy atom. The van der Waals surface area contributed by atoms with Crippen LogP contribution < -0.4 is 0 Å². The lowest BCUT2D eigenvalue weighted by Gasteiger charge is -2.55. The molecule has 0 spiro atoms. The molecule has 0 aromatic carbocycles. The molecule has 0 radical (unpaired) electrons. The lowest BCUT2D eigenvalue weighted by molar-refractivity contribution is -0.105. The van der Waals surface area contributed by atoms with E-state index in [-0.39, 0.29) is 0 Å². The van der Waals surface area contributed by atoms with E-state index in [2.05, 4.69) is 26.8 Å². The summed E-state index contributed by atoms with van der Waals surface area (Å²) >= 11 is 0. The Balaban J connectivity index is 2.00. The number of hydrogen-bond donors (Lipinski definition) is 0. The van der Waals surface area contributed by atoms with Crippen LogP contribution in [0.15, 0.2) is 11.6 Å². The lowest BCUT2D eigenvalue weighted by atomic mass is 9.49. The third kappa shape index (κ3) is 1.00. The number of fused-ring (bicyclic) bond motifs is 3. The van der Waals surface area contributed by atoms with Gasteiger partial charge >= 0.3 is 0 Å². The molecule has 2 fully saturated rings. The molecule has 1 heteroatoms. The summed E-state index contributed by atoms with van der Waals surface area (Å²) in [5.41, 5.74) is 2.54. The van der Waals surface area contributed by atoms with Gasteiger partial charge in [0.2, 0.25) is 0 Å². The lowest BCUT2D eigenvalue weighted by Crippen LogP contribution is -2.47. The van der Waals surface area contributed by atoms with Crippen LogP contribution in [0, 0.1) is 22.2 Å². The van der Waals surface area contributed by atoms with Crippen LogP contribution in [-0.2, 0) is 4.79 Å². The summed E-state index contributed by atoms with van der Waals surface area (Å²) in [5.74, 6) is 0.808. The van der Waals surface area contributed by atoms with E-state index in [1.165, 1.54) is 19.3 Å². The van der Waals surface area contributed by atoms with Crippen LogP contribution >= 0.6 is 0 Å². The summed E-state index contributed by atoms with van der Waals surface area (Å²) < 4.78 is 0. The Kier molecular flexibility index (Phi) is 1.85. The summed E-state index contributed by atoms with van der Waals surface area (Å²) in [7, 11) is 0. The van der Waals surface area contributed by atoms with Crippen LogP contribution in [0.25, 0.3) is 0 Å². The molecular weight excluding hydrogens is 196 g/mol. The van der Waals surface area contributed by atoms with Crippen LogP contribution in [0.1, 0.15) is 52.9 Å². The molecule has 0 N–H and O–H groups in total. The van der Waals surface area contributed by atoms with Crippen molar-refractivity contribution in [2.45, 2.75) is 52.9 Å². The number of hydrogen-bond acceptors (Lipinski definition) is 1. The fourth-order valence-electron chi connectivity index (χ4n) is 5.24. The first kappa shape index (κ1) is 10.6. The van der Waals surface area contributed by atoms with E-state index < -0.39 is 0 Å². The number of aldehydes is 1. The second-order valence-electron chi connectivity index (χ2n) is 7.17. The minimum absolute atomic E-state index is 0.394. The van der Waals surface area contributed by atoms with E-state index in [1.807, 2.05) is 0 Å². The van der Waals surface area contributed by atoms with Crippen molar-refractivity contribution in [3.63, 3.8) is 0 Å². The van der Waals surface area contributed by atoms with Gasteiger partial charge in [0.1, 0.15) is 6.29 Å². The van der Waals surface area contributed by atoms with Gasteiger partial charge in [-0.15, -0.1) is 0 Å². The molecule has 4 atom stereocenters. The standard InChI is InChI=1S/C15H22O/c1-13-8-11(9-16)4-5-12(13)15(3)7-6-14(15,2)10-13/h4,9,12H,5-8,10H2,1-3H3. The van der Waals surface area contributed by atoms with Gasteiger partial charge in [-0.05, 0) is 59.8 Å². The van der Waals surface area contributed by atoms with Crippen LogP contribution in [-0.4, -0.2) is 6.29 Å². The average Bonchev–Trinajstić information content (AvgIpc) is 2.35. The summed E-state index contributed by atoms with van der Waals surface area (Å²) in [4.78, 5) is 11.0. The number of rotatable bonds is 1. The van der Waals surface area contributed by atoms with Gasteiger partial charge in [-0.2, -0.15) is 0 Å². The van der Waals surface area contributed by atoms with E-state index >= 15 is 0 Å². The molecular formula is C15H22O. The van der Waals surface area contributed by atoms with Crippen molar-refractivity contribution in [3.05, 3.63) is 11.6 Å². The second kappa shape index (κ2) is 2.80. The van der Waals surface area contributed by atoms with Gasteiger partial charge in [0.05, 0.1) is 0 Å². The highest BCUT2D eigenvalue weighted by molar-refractivity contribution is 5.73. The third-order valence-electron chi connectivity index (χ3n) is 6.35. The van der Waals surface area contributed by atoms with Gasteiger partial charge in [-0.25, -0.2) is 0 Å². The molecule has 3 rings (SSSR count). The maximum atomic E-state index is 11.0. The second-order valence-corrected chi connectivity index (χ2v) is 7.17. The molecule has 0 amide bonds. The quantitative estimate of drug-likeness (QED) is 0.613. The van der Waals surface area contributed by atoms with Gasteiger partial charge in [0.25, 0.3) is 0 Å². The van der Waals surface area contributed by atoms with Gasteiger partial charge in [0, 0.05) is 0 Å². The molecule has 0 saturated heterocycles. The first-order valence-electron chi connectivity index (χ1n) is 6.58. The molecule has 4 unspecified atom stereocenters. The third-order valence-corrected chi connectivity index (χ3v) is 6.35. The summed E-state index contributed by atoms with van der Waals surface area (Å²) in [6.45, 7) is 7.38. The Bertz CT molecular complexity index is 383. The van der Waals surface area contributed by atoms with E-state index in [4.69, 9.17) is 0 Å². The zero-order chi connectivity index (χ0) is 11.6. The minimum Gasteiger partial charge on any atom is -0.298 e.